The van der Waals surface area contributed by atoms with Crippen molar-refractivity contribution in [2.45, 2.75) is 32.6 Å². The Balaban J connectivity index is 1.25. The van der Waals surface area contributed by atoms with Crippen molar-refractivity contribution in [2.75, 3.05) is 45.1 Å². The van der Waals surface area contributed by atoms with E-state index in [9.17, 15) is 9.90 Å². The Morgan fingerprint density at radius 1 is 1.03 bits per heavy atom. The molecule has 1 amide bonds. The number of carbonyl (C=O) groups is 1. The van der Waals surface area contributed by atoms with Gasteiger partial charge in [0.1, 0.15) is 11.6 Å². The molecule has 1 fully saturated rings. The topological polar surface area (TPSA) is 84.5 Å². The summed E-state index contributed by atoms with van der Waals surface area (Å²) in [5, 5.41) is 13.9. The van der Waals surface area contributed by atoms with Crippen LogP contribution in [0, 0.1) is 0 Å². The second-order valence-electron chi connectivity index (χ2n) is 11.3. The number of anilines is 1. The fourth-order valence-electron chi connectivity index (χ4n) is 4.93. The Morgan fingerprint density at radius 2 is 1.76 bits per heavy atom. The van der Waals surface area contributed by atoms with Gasteiger partial charge in [-0.15, -0.1) is 0 Å². The molecule has 0 saturated carbocycles. The van der Waals surface area contributed by atoms with Crippen LogP contribution in [-0.4, -0.2) is 70.6 Å². The molecular formula is C31H37N5O2. The van der Waals surface area contributed by atoms with E-state index in [1.54, 1.807) is 12.1 Å². The maximum absolute atomic E-state index is 13.0. The van der Waals surface area contributed by atoms with Gasteiger partial charge in [-0.25, -0.2) is 4.98 Å². The number of H-pyrrole nitrogens is 1. The van der Waals surface area contributed by atoms with E-state index in [2.05, 4.69) is 65.0 Å². The van der Waals surface area contributed by atoms with E-state index in [1.807, 2.05) is 36.4 Å². The molecule has 5 rings (SSSR count). The summed E-state index contributed by atoms with van der Waals surface area (Å²) in [6.07, 6.45) is 1.00. The number of aromatic hydroxyl groups is 1. The molecule has 0 bridgehead atoms. The first-order valence-electron chi connectivity index (χ1n) is 13.3. The quantitative estimate of drug-likeness (QED) is 0.328. The summed E-state index contributed by atoms with van der Waals surface area (Å²) in [5.41, 5.74) is 5.38. The Morgan fingerprint density at radius 3 is 2.47 bits per heavy atom. The van der Waals surface area contributed by atoms with Crippen molar-refractivity contribution < 1.29 is 9.90 Å². The SMILES string of the molecule is CN1CCN(CCc2ccc(NC(=O)c3ccc4nc(-c5cccc(C(C)(C)C)c5O)[nH]c4c3)cc2)CC1. The van der Waals surface area contributed by atoms with Crippen LogP contribution in [0.2, 0.25) is 0 Å². The third-order valence-corrected chi connectivity index (χ3v) is 7.37. The van der Waals surface area contributed by atoms with Crippen LogP contribution >= 0.6 is 0 Å². The minimum absolute atomic E-state index is 0.175. The smallest absolute Gasteiger partial charge is 0.255 e. The number of carbonyl (C=O) groups excluding carboxylic acids is 1. The van der Waals surface area contributed by atoms with E-state index in [1.165, 1.54) is 5.56 Å². The van der Waals surface area contributed by atoms with Crippen molar-refractivity contribution >= 4 is 22.6 Å². The van der Waals surface area contributed by atoms with Crippen LogP contribution in [-0.2, 0) is 11.8 Å². The number of amides is 1. The lowest BCUT2D eigenvalue weighted by atomic mass is 9.85. The zero-order valence-corrected chi connectivity index (χ0v) is 22.7. The second kappa shape index (κ2) is 10.6. The number of aromatic amines is 1. The summed E-state index contributed by atoms with van der Waals surface area (Å²) >= 11 is 0. The van der Waals surface area contributed by atoms with Crippen LogP contribution in [0.1, 0.15) is 42.3 Å². The number of fused-ring (bicyclic) bond motifs is 1. The van der Waals surface area contributed by atoms with Gasteiger partial charge in [-0.1, -0.05) is 45.0 Å². The van der Waals surface area contributed by atoms with Gasteiger partial charge in [0.2, 0.25) is 0 Å². The number of piperazine rings is 1. The molecule has 1 aliphatic heterocycles. The van der Waals surface area contributed by atoms with Gasteiger partial charge in [0.05, 0.1) is 16.6 Å². The number of imidazole rings is 1. The summed E-state index contributed by atoms with van der Waals surface area (Å²) in [7, 11) is 2.17. The maximum Gasteiger partial charge on any atom is 0.255 e. The van der Waals surface area contributed by atoms with Gasteiger partial charge in [0.25, 0.3) is 5.91 Å². The number of likely N-dealkylation sites (N-methyl/N-ethyl adjacent to an activating group) is 1. The second-order valence-corrected chi connectivity index (χ2v) is 11.3. The van der Waals surface area contributed by atoms with Crippen molar-refractivity contribution in [3.05, 3.63) is 77.4 Å². The lowest BCUT2D eigenvalue weighted by Crippen LogP contribution is -2.45. The number of hydrogen-bond acceptors (Lipinski definition) is 5. The molecule has 3 aromatic carbocycles. The zero-order chi connectivity index (χ0) is 26.9. The van der Waals surface area contributed by atoms with Crippen molar-refractivity contribution in [3.8, 4) is 17.1 Å². The fourth-order valence-corrected chi connectivity index (χ4v) is 4.93. The Hall–Kier alpha value is -3.68. The van der Waals surface area contributed by atoms with Crippen LogP contribution in [0.4, 0.5) is 5.69 Å². The number of phenolic OH excluding ortho intramolecular Hbond substituents is 1. The van der Waals surface area contributed by atoms with Crippen molar-refractivity contribution in [1.29, 1.82) is 0 Å². The number of phenols is 1. The standard InChI is InChI=1S/C31H37N5O2/c1-31(2,3)25-7-5-6-24(28(25)37)29-33-26-13-10-22(20-27(26)34-29)30(38)32-23-11-8-21(9-12-23)14-15-36-18-16-35(4)17-19-36/h5-13,20,37H,14-19H2,1-4H3,(H,32,38)(H,33,34). The molecule has 7 heteroatoms. The van der Waals surface area contributed by atoms with Gasteiger partial charge in [-0.05, 0) is 66.4 Å². The molecule has 1 aromatic heterocycles. The zero-order valence-electron chi connectivity index (χ0n) is 22.7. The summed E-state index contributed by atoms with van der Waals surface area (Å²) < 4.78 is 0. The van der Waals surface area contributed by atoms with Crippen molar-refractivity contribution in [2.24, 2.45) is 0 Å². The molecule has 198 valence electrons. The first-order chi connectivity index (χ1) is 18.2. The highest BCUT2D eigenvalue weighted by atomic mass is 16.3. The van der Waals surface area contributed by atoms with Crippen LogP contribution < -0.4 is 5.32 Å². The molecule has 0 unspecified atom stereocenters. The molecule has 0 aliphatic carbocycles. The van der Waals surface area contributed by atoms with E-state index in [0.29, 0.717) is 17.0 Å². The molecule has 4 aromatic rings. The molecule has 0 spiro atoms. The van der Waals surface area contributed by atoms with Gasteiger partial charge in [0, 0.05) is 44.0 Å². The van der Waals surface area contributed by atoms with Crippen LogP contribution in [0.25, 0.3) is 22.4 Å². The Labute approximate surface area is 224 Å². The van der Waals surface area contributed by atoms with E-state index in [-0.39, 0.29) is 17.1 Å². The van der Waals surface area contributed by atoms with Gasteiger partial charge in [0.15, 0.2) is 0 Å². The minimum Gasteiger partial charge on any atom is -0.507 e. The molecule has 2 heterocycles. The average molecular weight is 512 g/mol. The third-order valence-electron chi connectivity index (χ3n) is 7.37. The first kappa shape index (κ1) is 25.9. The number of rotatable bonds is 6. The van der Waals surface area contributed by atoms with E-state index >= 15 is 0 Å². The molecule has 38 heavy (non-hydrogen) atoms. The van der Waals surface area contributed by atoms with E-state index in [0.717, 1.165) is 61.4 Å². The van der Waals surface area contributed by atoms with Crippen LogP contribution in [0.15, 0.2) is 60.7 Å². The lowest BCUT2D eigenvalue weighted by molar-refractivity contribution is 0.102. The molecule has 1 saturated heterocycles. The lowest BCUT2D eigenvalue weighted by Gasteiger charge is -2.32. The van der Waals surface area contributed by atoms with Gasteiger partial charge >= 0.3 is 0 Å². The summed E-state index contributed by atoms with van der Waals surface area (Å²) in [6, 6.07) is 19.2. The number of benzene rings is 3. The maximum atomic E-state index is 13.0. The van der Waals surface area contributed by atoms with Gasteiger partial charge in [-0.2, -0.15) is 0 Å². The van der Waals surface area contributed by atoms with Crippen molar-refractivity contribution in [1.82, 2.24) is 19.8 Å². The van der Waals surface area contributed by atoms with E-state index < -0.39 is 0 Å². The monoisotopic (exact) mass is 511 g/mol. The van der Waals surface area contributed by atoms with Gasteiger partial charge in [-0.3, -0.25) is 4.79 Å². The Bertz CT molecular complexity index is 1430. The summed E-state index contributed by atoms with van der Waals surface area (Å²) in [4.78, 5) is 25.8. The Kier molecular flexibility index (Phi) is 7.23. The predicted molar refractivity (Wildman–Crippen MR) is 154 cm³/mol. The number of nitrogens with zero attached hydrogens (tertiary/aromatic N) is 3. The third kappa shape index (κ3) is 5.74. The average Bonchev–Trinajstić information content (AvgIpc) is 3.32. The molecular weight excluding hydrogens is 474 g/mol. The van der Waals surface area contributed by atoms with Crippen LogP contribution in [0.3, 0.4) is 0 Å². The normalized spacial score (nSPS) is 15.2. The molecule has 3 N–H and O–H groups in total. The molecule has 0 radical (unpaired) electrons. The minimum atomic E-state index is -0.194. The number of hydrogen-bond donors (Lipinski definition) is 3. The number of para-hydroxylation sites is 1. The number of nitrogens with one attached hydrogen (secondary N) is 2. The number of aromatic nitrogens is 2. The van der Waals surface area contributed by atoms with Crippen LogP contribution in [0.5, 0.6) is 5.75 Å². The largest absolute Gasteiger partial charge is 0.507 e. The van der Waals surface area contributed by atoms with Crippen molar-refractivity contribution in [3.63, 3.8) is 0 Å². The summed E-state index contributed by atoms with van der Waals surface area (Å²) in [6.45, 7) is 11.8. The first-order valence-corrected chi connectivity index (χ1v) is 13.3. The molecule has 1 aliphatic rings. The van der Waals surface area contributed by atoms with E-state index in [4.69, 9.17) is 0 Å². The molecule has 7 nitrogen and oxygen atoms in total. The highest BCUT2D eigenvalue weighted by Crippen LogP contribution is 2.37. The molecule has 0 atom stereocenters. The summed E-state index contributed by atoms with van der Waals surface area (Å²) in [5.74, 6) is 0.628. The highest BCUT2D eigenvalue weighted by molar-refractivity contribution is 6.06. The van der Waals surface area contributed by atoms with Gasteiger partial charge < -0.3 is 25.2 Å². The fraction of sp³-hybridized carbons (Fsp3) is 0.355. The highest BCUT2D eigenvalue weighted by Gasteiger charge is 2.22. The predicted octanol–water partition coefficient (Wildman–Crippen LogP) is 5.28.